The number of rotatable bonds is 8. The smallest absolute Gasteiger partial charge is 0.280 e. The number of pyridine rings is 2. The minimum Gasteiger partial charge on any atom is -0.475 e. The van der Waals surface area contributed by atoms with Crippen molar-refractivity contribution < 1.29 is 17.9 Å². The van der Waals surface area contributed by atoms with Crippen LogP contribution in [-0.2, 0) is 0 Å². The maximum absolute atomic E-state index is 13.6. The van der Waals surface area contributed by atoms with E-state index in [9.17, 15) is 13.2 Å². The van der Waals surface area contributed by atoms with Gasteiger partial charge >= 0.3 is 0 Å². The van der Waals surface area contributed by atoms with Gasteiger partial charge in [0.15, 0.2) is 0 Å². The van der Waals surface area contributed by atoms with E-state index in [1.165, 1.54) is 30.3 Å². The lowest BCUT2D eigenvalue weighted by Gasteiger charge is -2.20. The van der Waals surface area contributed by atoms with Crippen LogP contribution in [0.15, 0.2) is 60.8 Å². The molecule has 0 fully saturated rings. The zero-order chi connectivity index (χ0) is 24.9. The summed E-state index contributed by atoms with van der Waals surface area (Å²) >= 11 is 0. The Bertz CT molecular complexity index is 1300. The molecule has 0 unspecified atom stereocenters. The Morgan fingerprint density at radius 2 is 1.77 bits per heavy atom. The number of anilines is 2. The number of nitrogen functional groups attached to an aromatic ring is 1. The van der Waals surface area contributed by atoms with Crippen molar-refractivity contribution >= 4 is 11.8 Å². The molecule has 35 heavy (non-hydrogen) atoms. The average molecular weight is 480 g/mol. The Hall–Kier alpha value is -4.21. The number of benzene rings is 1. The van der Waals surface area contributed by atoms with E-state index >= 15 is 0 Å². The molecule has 1 aromatic carbocycles. The molecule has 0 aliphatic heterocycles. The SMILES string of the molecule is Cc1cc(-c2c(OCCN(C)c3ccccn3)nc(N)nc2-c2ccc(F)cc2)cc(C(F)F)n1. The quantitative estimate of drug-likeness (QED) is 0.376. The lowest BCUT2D eigenvalue weighted by molar-refractivity contribution is 0.146. The zero-order valence-corrected chi connectivity index (χ0v) is 19.1. The fourth-order valence-corrected chi connectivity index (χ4v) is 3.56. The summed E-state index contributed by atoms with van der Waals surface area (Å²) in [5, 5.41) is 0. The van der Waals surface area contributed by atoms with Gasteiger partial charge in [0.05, 0.1) is 17.8 Å². The predicted octanol–water partition coefficient (Wildman–Crippen LogP) is 5.08. The van der Waals surface area contributed by atoms with Crippen molar-refractivity contribution in [2.24, 2.45) is 0 Å². The van der Waals surface area contributed by atoms with Crippen LogP contribution in [0, 0.1) is 12.7 Å². The molecule has 7 nitrogen and oxygen atoms in total. The molecule has 4 rings (SSSR count). The molecule has 0 saturated heterocycles. The van der Waals surface area contributed by atoms with Gasteiger partial charge in [-0.25, -0.2) is 23.1 Å². The average Bonchev–Trinajstić information content (AvgIpc) is 2.84. The fourth-order valence-electron chi connectivity index (χ4n) is 3.56. The third-order valence-corrected chi connectivity index (χ3v) is 5.20. The molecule has 0 atom stereocenters. The van der Waals surface area contributed by atoms with E-state index in [1.807, 2.05) is 30.1 Å². The third kappa shape index (κ3) is 5.65. The van der Waals surface area contributed by atoms with Crippen molar-refractivity contribution in [3.8, 4) is 28.3 Å². The minimum atomic E-state index is -2.77. The van der Waals surface area contributed by atoms with Crippen LogP contribution in [0.3, 0.4) is 0 Å². The number of nitrogens with two attached hydrogens (primary N) is 1. The van der Waals surface area contributed by atoms with Crippen LogP contribution in [0.25, 0.3) is 22.4 Å². The largest absolute Gasteiger partial charge is 0.475 e. The molecule has 0 saturated carbocycles. The van der Waals surface area contributed by atoms with Crippen LogP contribution in [0.2, 0.25) is 0 Å². The summed E-state index contributed by atoms with van der Waals surface area (Å²) in [7, 11) is 1.87. The summed E-state index contributed by atoms with van der Waals surface area (Å²) < 4.78 is 46.6. The Balaban J connectivity index is 1.76. The van der Waals surface area contributed by atoms with E-state index in [2.05, 4.69) is 19.9 Å². The second kappa shape index (κ2) is 10.4. The molecule has 180 valence electrons. The first-order valence-electron chi connectivity index (χ1n) is 10.8. The summed E-state index contributed by atoms with van der Waals surface area (Å²) in [6, 6.07) is 14.1. The van der Waals surface area contributed by atoms with Crippen LogP contribution in [0.4, 0.5) is 24.9 Å². The summed E-state index contributed by atoms with van der Waals surface area (Å²) in [4.78, 5) is 18.7. The van der Waals surface area contributed by atoms with Gasteiger partial charge in [-0.2, -0.15) is 4.98 Å². The minimum absolute atomic E-state index is 0.0685. The lowest BCUT2D eigenvalue weighted by Crippen LogP contribution is -2.25. The highest BCUT2D eigenvalue weighted by atomic mass is 19.3. The summed E-state index contributed by atoms with van der Waals surface area (Å²) in [5.41, 5.74) is 7.58. The number of aryl methyl sites for hydroxylation is 1. The maximum atomic E-state index is 13.6. The van der Waals surface area contributed by atoms with Gasteiger partial charge in [0.1, 0.15) is 23.9 Å². The molecular weight excluding hydrogens is 457 g/mol. The van der Waals surface area contributed by atoms with E-state index in [-0.39, 0.29) is 24.1 Å². The summed E-state index contributed by atoms with van der Waals surface area (Å²) in [5.74, 6) is 0.390. The highest BCUT2D eigenvalue weighted by Gasteiger charge is 2.21. The molecule has 2 N–H and O–H groups in total. The molecule has 0 aliphatic carbocycles. The van der Waals surface area contributed by atoms with Gasteiger partial charge in [-0.1, -0.05) is 6.07 Å². The third-order valence-electron chi connectivity index (χ3n) is 5.20. The van der Waals surface area contributed by atoms with Crippen LogP contribution >= 0.6 is 0 Å². The number of ether oxygens (including phenoxy) is 1. The predicted molar refractivity (Wildman–Crippen MR) is 128 cm³/mol. The van der Waals surface area contributed by atoms with Crippen LogP contribution < -0.4 is 15.4 Å². The van der Waals surface area contributed by atoms with Gasteiger partial charge in [-0.3, -0.25) is 4.98 Å². The Morgan fingerprint density at radius 3 is 2.46 bits per heavy atom. The van der Waals surface area contributed by atoms with Gasteiger partial charge in [0, 0.05) is 24.5 Å². The van der Waals surface area contributed by atoms with E-state index < -0.39 is 12.2 Å². The molecular formula is C25H23F3N6O. The van der Waals surface area contributed by atoms with Gasteiger partial charge < -0.3 is 15.4 Å². The van der Waals surface area contributed by atoms with Crippen LogP contribution in [-0.4, -0.2) is 40.1 Å². The molecule has 0 bridgehead atoms. The second-order valence-corrected chi connectivity index (χ2v) is 7.80. The molecule has 0 aliphatic rings. The molecule has 10 heteroatoms. The van der Waals surface area contributed by atoms with Crippen LogP contribution in [0.5, 0.6) is 5.88 Å². The fraction of sp³-hybridized carbons (Fsp3) is 0.200. The molecule has 3 aromatic heterocycles. The van der Waals surface area contributed by atoms with Gasteiger partial charge in [0.25, 0.3) is 6.43 Å². The molecule has 4 aromatic rings. The van der Waals surface area contributed by atoms with E-state index in [0.717, 1.165) is 5.82 Å². The van der Waals surface area contributed by atoms with Gasteiger partial charge in [-0.05, 0) is 61.0 Å². The first-order chi connectivity index (χ1) is 16.8. The number of nitrogens with zero attached hydrogens (tertiary/aromatic N) is 5. The number of halogens is 3. The van der Waals surface area contributed by atoms with E-state index in [4.69, 9.17) is 10.5 Å². The molecule has 0 radical (unpaired) electrons. The van der Waals surface area contributed by atoms with Crippen LogP contribution in [0.1, 0.15) is 17.8 Å². The van der Waals surface area contributed by atoms with Gasteiger partial charge in [0.2, 0.25) is 11.8 Å². The lowest BCUT2D eigenvalue weighted by atomic mass is 9.99. The second-order valence-electron chi connectivity index (χ2n) is 7.80. The summed E-state index contributed by atoms with van der Waals surface area (Å²) in [6.07, 6.45) is -1.08. The monoisotopic (exact) mass is 480 g/mol. The van der Waals surface area contributed by atoms with Crippen molar-refractivity contribution in [2.45, 2.75) is 13.3 Å². The van der Waals surface area contributed by atoms with E-state index in [0.29, 0.717) is 34.6 Å². The first kappa shape index (κ1) is 23.9. The first-order valence-corrected chi connectivity index (χ1v) is 10.8. The summed E-state index contributed by atoms with van der Waals surface area (Å²) in [6.45, 7) is 2.28. The topological polar surface area (TPSA) is 90.0 Å². The normalized spacial score (nSPS) is 11.0. The van der Waals surface area contributed by atoms with Crippen molar-refractivity contribution in [1.29, 1.82) is 0 Å². The zero-order valence-electron chi connectivity index (χ0n) is 19.1. The Morgan fingerprint density at radius 1 is 1.00 bits per heavy atom. The Labute approximate surface area is 200 Å². The number of alkyl halides is 2. The number of hydrogen-bond donors (Lipinski definition) is 1. The van der Waals surface area contributed by atoms with E-state index in [1.54, 1.807) is 19.2 Å². The molecule has 0 spiro atoms. The number of likely N-dealkylation sites (N-methyl/N-ethyl adjacent to an activating group) is 1. The van der Waals surface area contributed by atoms with Crippen molar-refractivity contribution in [3.63, 3.8) is 0 Å². The maximum Gasteiger partial charge on any atom is 0.280 e. The molecule has 0 amide bonds. The standard InChI is InChI=1S/C25H23F3N6O/c1-15-13-17(14-19(31-15)23(27)28)21-22(16-6-8-18(26)9-7-16)32-25(29)33-24(21)35-12-11-34(2)20-5-3-4-10-30-20/h3-10,13-14,23H,11-12H2,1-2H3,(H2,29,32,33). The number of aromatic nitrogens is 4. The van der Waals surface area contributed by atoms with Crippen molar-refractivity contribution in [3.05, 3.63) is 78.0 Å². The van der Waals surface area contributed by atoms with Crippen molar-refractivity contribution in [1.82, 2.24) is 19.9 Å². The van der Waals surface area contributed by atoms with Gasteiger partial charge in [-0.15, -0.1) is 0 Å². The molecule has 3 heterocycles. The highest BCUT2D eigenvalue weighted by molar-refractivity contribution is 5.85. The number of hydrogen-bond acceptors (Lipinski definition) is 7. The van der Waals surface area contributed by atoms with Crippen molar-refractivity contribution in [2.75, 3.05) is 30.8 Å². The Kier molecular flexibility index (Phi) is 7.09. The highest BCUT2D eigenvalue weighted by Crippen LogP contribution is 2.39.